The molecule has 3 N–H and O–H groups in total. The van der Waals surface area contributed by atoms with E-state index in [1.807, 2.05) is 43.0 Å². The van der Waals surface area contributed by atoms with E-state index in [0.29, 0.717) is 24.8 Å². The first-order valence-electron chi connectivity index (χ1n) is 9.10. The first-order chi connectivity index (χ1) is 13.6. The molecular formula is C20H23F3N2O4. The van der Waals surface area contributed by atoms with E-state index in [1.165, 1.54) is 0 Å². The van der Waals surface area contributed by atoms with Crippen molar-refractivity contribution < 1.29 is 32.3 Å². The van der Waals surface area contributed by atoms with Gasteiger partial charge in [0, 0.05) is 24.2 Å². The molecule has 0 saturated heterocycles. The Morgan fingerprint density at radius 2 is 1.93 bits per heavy atom. The van der Waals surface area contributed by atoms with E-state index in [0.717, 1.165) is 35.4 Å². The second-order valence-electron chi connectivity index (χ2n) is 6.62. The number of para-hydroxylation sites is 1. The Balaban J connectivity index is 0.000000370. The van der Waals surface area contributed by atoms with E-state index in [2.05, 4.69) is 6.07 Å². The number of rotatable bonds is 3. The van der Waals surface area contributed by atoms with E-state index in [9.17, 15) is 18.0 Å². The van der Waals surface area contributed by atoms with Gasteiger partial charge in [0.05, 0.1) is 0 Å². The van der Waals surface area contributed by atoms with Crippen LogP contribution in [0.3, 0.4) is 0 Å². The van der Waals surface area contributed by atoms with Crippen molar-refractivity contribution in [2.24, 2.45) is 5.73 Å². The quantitative estimate of drug-likeness (QED) is 0.798. The van der Waals surface area contributed by atoms with Crippen molar-refractivity contribution in [2.45, 2.75) is 38.8 Å². The summed E-state index contributed by atoms with van der Waals surface area (Å²) >= 11 is 0. The smallest absolute Gasteiger partial charge is 0.475 e. The van der Waals surface area contributed by atoms with E-state index < -0.39 is 12.1 Å². The van der Waals surface area contributed by atoms with Gasteiger partial charge in [-0.25, -0.2) is 4.79 Å². The van der Waals surface area contributed by atoms with Crippen LogP contribution in [0.15, 0.2) is 34.7 Å². The number of aliphatic carboxylic acids is 1. The Morgan fingerprint density at radius 3 is 2.45 bits per heavy atom. The van der Waals surface area contributed by atoms with Gasteiger partial charge in [-0.1, -0.05) is 25.1 Å². The lowest BCUT2D eigenvalue weighted by molar-refractivity contribution is -0.192. The molecule has 9 heteroatoms. The van der Waals surface area contributed by atoms with Crippen LogP contribution in [-0.4, -0.2) is 36.2 Å². The fourth-order valence-electron chi connectivity index (χ4n) is 3.15. The van der Waals surface area contributed by atoms with Crippen molar-refractivity contribution in [3.63, 3.8) is 0 Å². The maximum Gasteiger partial charge on any atom is 0.490 e. The van der Waals surface area contributed by atoms with Gasteiger partial charge in [0.2, 0.25) is 0 Å². The topological polar surface area (TPSA) is 96.8 Å². The molecule has 29 heavy (non-hydrogen) atoms. The molecule has 1 amide bonds. The van der Waals surface area contributed by atoms with Crippen molar-refractivity contribution in [3.05, 3.63) is 53.0 Å². The van der Waals surface area contributed by atoms with Crippen LogP contribution in [0.1, 0.15) is 46.7 Å². The molecule has 1 aliphatic heterocycles. The number of halogens is 3. The van der Waals surface area contributed by atoms with Gasteiger partial charge in [-0.3, -0.25) is 4.79 Å². The lowest BCUT2D eigenvalue weighted by Crippen LogP contribution is -2.38. The average Bonchev–Trinajstić information content (AvgIpc) is 3.07. The monoisotopic (exact) mass is 412 g/mol. The van der Waals surface area contributed by atoms with Gasteiger partial charge in [-0.2, -0.15) is 13.2 Å². The number of nitrogens with zero attached hydrogens (tertiary/aromatic N) is 1. The number of fused-ring (bicyclic) bond motifs is 1. The molecule has 0 bridgehead atoms. The molecule has 1 aromatic heterocycles. The summed E-state index contributed by atoms with van der Waals surface area (Å²) < 4.78 is 37.5. The summed E-state index contributed by atoms with van der Waals surface area (Å²) in [6, 6.07) is 9.98. The average molecular weight is 412 g/mol. The minimum Gasteiger partial charge on any atom is -0.475 e. The fourth-order valence-corrected chi connectivity index (χ4v) is 3.15. The molecule has 1 aliphatic rings. The maximum atomic E-state index is 12.9. The summed E-state index contributed by atoms with van der Waals surface area (Å²) in [5.74, 6) is -1.18. The number of alkyl halides is 3. The predicted octanol–water partition coefficient (Wildman–Crippen LogP) is 3.88. The fraction of sp³-hybridized carbons (Fsp3) is 0.400. The second kappa shape index (κ2) is 9.13. The standard InChI is InChI=1S/C18H22N2O2.C2HF3O2/c1-3-14-10-12(2)17(22-14)18(21)20-9-8-13(11-19)15-6-4-5-7-16(15)20;3-2(4,5)1(6)7/h4-7,10,13H,3,8-9,11,19H2,1-2H3;(H,6,7). The van der Waals surface area contributed by atoms with E-state index in [-0.39, 0.29) is 5.91 Å². The zero-order chi connectivity index (χ0) is 21.8. The van der Waals surface area contributed by atoms with Crippen LogP contribution in [0.5, 0.6) is 0 Å². The van der Waals surface area contributed by atoms with Crippen LogP contribution in [-0.2, 0) is 11.2 Å². The van der Waals surface area contributed by atoms with Gasteiger partial charge >= 0.3 is 12.1 Å². The van der Waals surface area contributed by atoms with Crippen LogP contribution in [0, 0.1) is 6.92 Å². The van der Waals surface area contributed by atoms with Gasteiger partial charge in [0.1, 0.15) is 5.76 Å². The normalized spacial score (nSPS) is 15.9. The Morgan fingerprint density at radius 1 is 1.31 bits per heavy atom. The minimum absolute atomic E-state index is 0.0554. The predicted molar refractivity (Wildman–Crippen MR) is 101 cm³/mol. The van der Waals surface area contributed by atoms with Crippen molar-refractivity contribution in [1.29, 1.82) is 0 Å². The summed E-state index contributed by atoms with van der Waals surface area (Å²) in [5, 5.41) is 7.12. The highest BCUT2D eigenvalue weighted by molar-refractivity contribution is 6.06. The van der Waals surface area contributed by atoms with Crippen LogP contribution < -0.4 is 10.6 Å². The third-order valence-electron chi connectivity index (χ3n) is 4.65. The summed E-state index contributed by atoms with van der Waals surface area (Å²) in [6.07, 6.45) is -3.40. The molecule has 2 aromatic rings. The number of furan rings is 1. The zero-order valence-corrected chi connectivity index (χ0v) is 16.1. The van der Waals surface area contributed by atoms with Gasteiger partial charge < -0.3 is 20.2 Å². The second-order valence-corrected chi connectivity index (χ2v) is 6.62. The zero-order valence-electron chi connectivity index (χ0n) is 16.1. The van der Waals surface area contributed by atoms with Crippen LogP contribution in [0.25, 0.3) is 0 Å². The van der Waals surface area contributed by atoms with Gasteiger partial charge in [0.15, 0.2) is 5.76 Å². The molecule has 0 aliphatic carbocycles. The number of benzene rings is 1. The number of hydrogen-bond donors (Lipinski definition) is 2. The van der Waals surface area contributed by atoms with E-state index in [4.69, 9.17) is 20.1 Å². The number of carboxylic acids is 1. The third kappa shape index (κ3) is 5.17. The third-order valence-corrected chi connectivity index (χ3v) is 4.65. The molecule has 0 fully saturated rings. The van der Waals surface area contributed by atoms with Crippen molar-refractivity contribution >= 4 is 17.6 Å². The highest BCUT2D eigenvalue weighted by Gasteiger charge is 2.38. The maximum absolute atomic E-state index is 12.9. The number of aryl methyl sites for hydroxylation is 2. The number of carboxylic acid groups (broad SMARTS) is 1. The van der Waals surface area contributed by atoms with E-state index >= 15 is 0 Å². The Hall–Kier alpha value is -2.81. The number of amides is 1. The van der Waals surface area contributed by atoms with Gasteiger partial charge in [-0.15, -0.1) is 0 Å². The number of anilines is 1. The number of carbonyl (C=O) groups is 2. The van der Waals surface area contributed by atoms with Gasteiger partial charge in [-0.05, 0) is 43.5 Å². The summed E-state index contributed by atoms with van der Waals surface area (Å²) in [5.41, 5.74) is 8.90. The largest absolute Gasteiger partial charge is 0.490 e. The molecule has 158 valence electrons. The van der Waals surface area contributed by atoms with Crippen molar-refractivity contribution in [3.8, 4) is 0 Å². The molecule has 1 aromatic carbocycles. The first kappa shape index (κ1) is 22.5. The molecule has 0 radical (unpaired) electrons. The molecular weight excluding hydrogens is 389 g/mol. The highest BCUT2D eigenvalue weighted by atomic mass is 19.4. The molecule has 1 atom stereocenters. The Kier molecular flexibility index (Phi) is 7.07. The summed E-state index contributed by atoms with van der Waals surface area (Å²) in [7, 11) is 0. The Labute approximate surface area is 166 Å². The minimum atomic E-state index is -5.08. The molecule has 0 spiro atoms. The molecule has 2 heterocycles. The van der Waals surface area contributed by atoms with Gasteiger partial charge in [0.25, 0.3) is 5.91 Å². The summed E-state index contributed by atoms with van der Waals surface area (Å²) in [4.78, 5) is 23.6. The molecule has 6 nitrogen and oxygen atoms in total. The number of hydrogen-bond acceptors (Lipinski definition) is 4. The molecule has 0 saturated carbocycles. The highest BCUT2D eigenvalue weighted by Crippen LogP contribution is 2.35. The first-order valence-corrected chi connectivity index (χ1v) is 9.10. The van der Waals surface area contributed by atoms with E-state index in [1.54, 1.807) is 0 Å². The number of carbonyl (C=O) groups excluding carboxylic acids is 1. The van der Waals surface area contributed by atoms with Crippen molar-refractivity contribution in [1.82, 2.24) is 0 Å². The van der Waals surface area contributed by atoms with Crippen LogP contribution >= 0.6 is 0 Å². The van der Waals surface area contributed by atoms with Crippen LogP contribution in [0.2, 0.25) is 0 Å². The van der Waals surface area contributed by atoms with Crippen molar-refractivity contribution in [2.75, 3.05) is 18.0 Å². The lowest BCUT2D eigenvalue weighted by Gasteiger charge is -2.33. The lowest BCUT2D eigenvalue weighted by atomic mass is 9.90. The number of nitrogens with two attached hydrogens (primary N) is 1. The van der Waals surface area contributed by atoms with Crippen LogP contribution in [0.4, 0.5) is 18.9 Å². The molecule has 1 unspecified atom stereocenters. The summed E-state index contributed by atoms with van der Waals surface area (Å²) in [6.45, 7) is 5.24. The Bertz CT molecular complexity index is 877. The molecule has 3 rings (SSSR count). The SMILES string of the molecule is CCc1cc(C)c(C(=O)N2CCC(CN)c3ccccc32)o1.O=C(O)C(F)(F)F.